The van der Waals surface area contributed by atoms with Crippen LogP contribution in [0.15, 0.2) is 5.16 Å². The number of oxime groups is 1. The Balaban J connectivity index is 2.79. The molecule has 1 aliphatic rings. The van der Waals surface area contributed by atoms with Crippen molar-refractivity contribution in [3.05, 3.63) is 0 Å². The van der Waals surface area contributed by atoms with E-state index in [0.29, 0.717) is 18.9 Å². The highest BCUT2D eigenvalue weighted by molar-refractivity contribution is 5.91. The van der Waals surface area contributed by atoms with Gasteiger partial charge in [-0.3, -0.25) is 0 Å². The molecule has 0 radical (unpaired) electrons. The average molecular weight is 201 g/mol. The predicted octanol–water partition coefficient (Wildman–Crippen LogP) is 2.16. The molecular weight excluding hydrogens is 182 g/mol. The van der Waals surface area contributed by atoms with Gasteiger partial charge in [-0.25, -0.2) is 0 Å². The van der Waals surface area contributed by atoms with Gasteiger partial charge in [0, 0.05) is 19.6 Å². The molecule has 0 bridgehead atoms. The van der Waals surface area contributed by atoms with E-state index in [1.165, 1.54) is 0 Å². The lowest BCUT2D eigenvalue weighted by Gasteiger charge is -2.36. The van der Waals surface area contributed by atoms with E-state index in [1.807, 2.05) is 13.8 Å². The summed E-state index contributed by atoms with van der Waals surface area (Å²) < 4.78 is 11.2. The normalized spacial score (nSPS) is 24.0. The summed E-state index contributed by atoms with van der Waals surface area (Å²) in [5.74, 6) is -0.753. The summed E-state index contributed by atoms with van der Waals surface area (Å²) in [6.07, 6.45) is 3.64. The van der Waals surface area contributed by atoms with Crippen LogP contribution in [0.3, 0.4) is 0 Å². The molecule has 14 heavy (non-hydrogen) atoms. The van der Waals surface area contributed by atoms with Gasteiger partial charge in [-0.05, 0) is 33.1 Å². The Morgan fingerprint density at radius 3 is 2.43 bits per heavy atom. The summed E-state index contributed by atoms with van der Waals surface area (Å²) >= 11 is 0. The Morgan fingerprint density at radius 2 is 1.93 bits per heavy atom. The van der Waals surface area contributed by atoms with Crippen LogP contribution in [-0.2, 0) is 9.47 Å². The fourth-order valence-corrected chi connectivity index (χ4v) is 1.93. The number of ether oxygens (including phenoxy) is 2. The maximum absolute atomic E-state index is 8.91. The summed E-state index contributed by atoms with van der Waals surface area (Å²) in [6.45, 7) is 4.98. The van der Waals surface area contributed by atoms with Crippen molar-refractivity contribution in [3.63, 3.8) is 0 Å². The smallest absolute Gasteiger partial charge is 0.211 e. The van der Waals surface area contributed by atoms with Gasteiger partial charge in [-0.2, -0.15) is 0 Å². The first-order valence-corrected chi connectivity index (χ1v) is 5.28. The minimum Gasteiger partial charge on any atom is -0.411 e. The third-order valence-electron chi connectivity index (χ3n) is 2.48. The molecule has 0 aromatic carbocycles. The quantitative estimate of drug-likeness (QED) is 0.431. The summed E-state index contributed by atoms with van der Waals surface area (Å²) in [5.41, 5.74) is 0.632. The Hall–Kier alpha value is -0.610. The van der Waals surface area contributed by atoms with Gasteiger partial charge < -0.3 is 14.7 Å². The summed E-state index contributed by atoms with van der Waals surface area (Å²) in [7, 11) is 0. The van der Waals surface area contributed by atoms with E-state index >= 15 is 0 Å². The van der Waals surface area contributed by atoms with Crippen LogP contribution in [0.25, 0.3) is 0 Å². The van der Waals surface area contributed by atoms with E-state index in [2.05, 4.69) is 5.16 Å². The van der Waals surface area contributed by atoms with Crippen LogP contribution in [0.1, 0.15) is 39.5 Å². The fourth-order valence-electron chi connectivity index (χ4n) is 1.93. The van der Waals surface area contributed by atoms with E-state index in [9.17, 15) is 0 Å². The lowest BCUT2D eigenvalue weighted by atomic mass is 9.92. The average Bonchev–Trinajstić information content (AvgIpc) is 2.19. The Labute approximate surface area is 84.9 Å². The zero-order chi connectivity index (χ0) is 10.4. The SMILES string of the molecule is CCOC1(OCC)CCCCC1=NO. The Morgan fingerprint density at radius 1 is 1.29 bits per heavy atom. The molecule has 1 fully saturated rings. The van der Waals surface area contributed by atoms with Crippen LogP contribution in [0.5, 0.6) is 0 Å². The molecular formula is C10H19NO3. The van der Waals surface area contributed by atoms with E-state index in [0.717, 1.165) is 25.7 Å². The maximum atomic E-state index is 8.91. The van der Waals surface area contributed by atoms with Gasteiger partial charge in [0.15, 0.2) is 0 Å². The van der Waals surface area contributed by atoms with Gasteiger partial charge in [-0.15, -0.1) is 0 Å². The lowest BCUT2D eigenvalue weighted by molar-refractivity contribution is -0.193. The third kappa shape index (κ3) is 2.25. The molecule has 82 valence electrons. The molecule has 1 aliphatic carbocycles. The number of nitrogens with zero attached hydrogens (tertiary/aromatic N) is 1. The number of hydrogen-bond acceptors (Lipinski definition) is 4. The minimum atomic E-state index is -0.753. The van der Waals surface area contributed by atoms with Crippen LogP contribution in [-0.4, -0.2) is 29.9 Å². The minimum absolute atomic E-state index is 0.568. The molecule has 0 aromatic heterocycles. The molecule has 1 saturated carbocycles. The lowest BCUT2D eigenvalue weighted by Crippen LogP contribution is -2.46. The topological polar surface area (TPSA) is 51.0 Å². The van der Waals surface area contributed by atoms with Crippen molar-refractivity contribution < 1.29 is 14.7 Å². The van der Waals surface area contributed by atoms with Crippen molar-refractivity contribution in [1.82, 2.24) is 0 Å². The monoisotopic (exact) mass is 201 g/mol. The van der Waals surface area contributed by atoms with Crippen molar-refractivity contribution >= 4 is 5.71 Å². The van der Waals surface area contributed by atoms with Gasteiger partial charge >= 0.3 is 0 Å². The first-order valence-electron chi connectivity index (χ1n) is 5.28. The molecule has 4 heteroatoms. The van der Waals surface area contributed by atoms with Gasteiger partial charge in [0.05, 0.1) is 0 Å². The molecule has 0 spiro atoms. The zero-order valence-corrected chi connectivity index (χ0v) is 8.95. The second kappa shape index (κ2) is 5.32. The third-order valence-corrected chi connectivity index (χ3v) is 2.48. The van der Waals surface area contributed by atoms with E-state index in [1.54, 1.807) is 0 Å². The van der Waals surface area contributed by atoms with E-state index < -0.39 is 5.79 Å². The van der Waals surface area contributed by atoms with Gasteiger partial charge in [0.1, 0.15) is 5.71 Å². The molecule has 1 N–H and O–H groups in total. The Kier molecular flexibility index (Phi) is 4.35. The molecule has 0 aromatic rings. The first kappa shape index (κ1) is 11.5. The molecule has 0 heterocycles. The summed E-state index contributed by atoms with van der Waals surface area (Å²) in [4.78, 5) is 0. The van der Waals surface area contributed by atoms with Gasteiger partial charge in [0.25, 0.3) is 0 Å². The molecule has 0 aliphatic heterocycles. The van der Waals surface area contributed by atoms with Gasteiger partial charge in [0.2, 0.25) is 5.79 Å². The largest absolute Gasteiger partial charge is 0.411 e. The number of hydrogen-bond donors (Lipinski definition) is 1. The second-order valence-corrected chi connectivity index (χ2v) is 3.37. The molecule has 0 saturated heterocycles. The van der Waals surface area contributed by atoms with Crippen molar-refractivity contribution in [2.45, 2.75) is 45.3 Å². The van der Waals surface area contributed by atoms with Crippen LogP contribution in [0.4, 0.5) is 0 Å². The highest BCUT2D eigenvalue weighted by Crippen LogP contribution is 2.30. The summed E-state index contributed by atoms with van der Waals surface area (Å²) in [6, 6.07) is 0. The molecule has 0 amide bonds. The fraction of sp³-hybridized carbons (Fsp3) is 0.900. The molecule has 1 rings (SSSR count). The van der Waals surface area contributed by atoms with Crippen molar-refractivity contribution in [2.24, 2.45) is 5.16 Å². The molecule has 0 atom stereocenters. The van der Waals surface area contributed by atoms with Gasteiger partial charge in [-0.1, -0.05) is 5.16 Å². The van der Waals surface area contributed by atoms with Crippen molar-refractivity contribution in [1.29, 1.82) is 0 Å². The standard InChI is InChI=1S/C10H19NO3/c1-3-13-10(14-4-2)8-6-5-7-9(10)11-12/h12H,3-8H2,1-2H3. The Bertz CT molecular complexity index is 192. The number of rotatable bonds is 4. The van der Waals surface area contributed by atoms with Crippen LogP contribution in [0, 0.1) is 0 Å². The van der Waals surface area contributed by atoms with E-state index in [4.69, 9.17) is 14.7 Å². The summed E-state index contributed by atoms with van der Waals surface area (Å²) in [5, 5.41) is 12.2. The highest BCUT2D eigenvalue weighted by Gasteiger charge is 2.40. The predicted molar refractivity (Wildman–Crippen MR) is 53.7 cm³/mol. The molecule has 4 nitrogen and oxygen atoms in total. The van der Waals surface area contributed by atoms with Crippen LogP contribution < -0.4 is 0 Å². The van der Waals surface area contributed by atoms with E-state index in [-0.39, 0.29) is 0 Å². The maximum Gasteiger partial charge on any atom is 0.211 e. The van der Waals surface area contributed by atoms with Crippen LogP contribution in [0.2, 0.25) is 0 Å². The van der Waals surface area contributed by atoms with Crippen molar-refractivity contribution in [2.75, 3.05) is 13.2 Å². The highest BCUT2D eigenvalue weighted by atomic mass is 16.7. The molecule has 0 unspecified atom stereocenters. The zero-order valence-electron chi connectivity index (χ0n) is 8.95. The van der Waals surface area contributed by atoms with Crippen LogP contribution >= 0.6 is 0 Å². The second-order valence-electron chi connectivity index (χ2n) is 3.37. The first-order chi connectivity index (χ1) is 6.79. The van der Waals surface area contributed by atoms with Crippen molar-refractivity contribution in [3.8, 4) is 0 Å².